The zero-order chi connectivity index (χ0) is 17.0. The van der Waals surface area contributed by atoms with Crippen molar-refractivity contribution in [2.24, 2.45) is 16.0 Å². The van der Waals surface area contributed by atoms with Crippen LogP contribution in [0.3, 0.4) is 0 Å². The number of nitrogens with two attached hydrogens (primary N) is 2. The number of hydrazone groups is 1. The fourth-order valence-corrected chi connectivity index (χ4v) is 2.48. The van der Waals surface area contributed by atoms with Crippen molar-refractivity contribution in [3.8, 4) is 0 Å². The number of primary sulfonamides is 1. The Kier molecular flexibility index (Phi) is 4.96. The lowest BCUT2D eigenvalue weighted by Crippen LogP contribution is -2.40. The van der Waals surface area contributed by atoms with E-state index in [-0.39, 0.29) is 24.4 Å². The monoisotopic (exact) mass is 339 g/mol. The molecule has 2 rings (SSSR count). The average molecular weight is 339 g/mol. The van der Waals surface area contributed by atoms with Gasteiger partial charge in [-0.2, -0.15) is 5.10 Å². The minimum absolute atomic E-state index is 0.0471. The maximum Gasteiger partial charge on any atom is 0.267 e. The summed E-state index contributed by atoms with van der Waals surface area (Å²) in [6.07, 6.45) is 0.0471. The van der Waals surface area contributed by atoms with Crippen LogP contribution in [0.1, 0.15) is 6.42 Å². The highest BCUT2D eigenvalue weighted by Gasteiger charge is 2.34. The van der Waals surface area contributed by atoms with Gasteiger partial charge in [-0.3, -0.25) is 14.6 Å². The van der Waals surface area contributed by atoms with Gasteiger partial charge in [-0.25, -0.2) is 13.6 Å². The number of anilines is 1. The molecular formula is C13H17N5O4S. The number of nitrogens with zero attached hydrogens (tertiary/aromatic N) is 2. The highest BCUT2D eigenvalue weighted by Crippen LogP contribution is 2.24. The van der Waals surface area contributed by atoms with Crippen molar-refractivity contribution in [2.45, 2.75) is 12.5 Å². The molecule has 1 aromatic carbocycles. The second-order valence-corrected chi connectivity index (χ2v) is 6.71. The Morgan fingerprint density at radius 3 is 2.52 bits per heavy atom. The number of hydrogen-bond donors (Lipinski definition) is 3. The predicted octanol–water partition coefficient (Wildman–Crippen LogP) is -1.49. The van der Waals surface area contributed by atoms with Crippen LogP contribution in [0.4, 0.5) is 5.69 Å². The lowest BCUT2D eigenvalue weighted by Gasteiger charge is -2.20. The van der Waals surface area contributed by atoms with E-state index in [1.807, 2.05) is 6.07 Å². The third kappa shape index (κ3) is 4.50. The standard InChI is InChI=1S/C13H17N5O4S/c14-12(19)11-8-10(13(20)16-6-7-23(15,21)22)17-18(11)9-4-2-1-3-5-9/h1-5,11H,6-8H2,(H2,14,19)(H,16,20)(H2,15,21,22). The molecule has 2 amide bonds. The van der Waals surface area contributed by atoms with Crippen LogP contribution in [0, 0.1) is 0 Å². The molecular weight excluding hydrogens is 322 g/mol. The number of hydrogen-bond acceptors (Lipinski definition) is 6. The molecule has 0 saturated heterocycles. The van der Waals surface area contributed by atoms with Crippen LogP contribution in [0.2, 0.25) is 0 Å². The Balaban J connectivity index is 2.10. The van der Waals surface area contributed by atoms with Gasteiger partial charge in [-0.05, 0) is 12.1 Å². The Morgan fingerprint density at radius 2 is 1.96 bits per heavy atom. The molecule has 124 valence electrons. The summed E-state index contributed by atoms with van der Waals surface area (Å²) in [6.45, 7) is -0.136. The van der Waals surface area contributed by atoms with E-state index in [9.17, 15) is 18.0 Å². The van der Waals surface area contributed by atoms with Gasteiger partial charge in [0.15, 0.2) is 0 Å². The average Bonchev–Trinajstić information content (AvgIpc) is 2.92. The van der Waals surface area contributed by atoms with Crippen molar-refractivity contribution in [3.63, 3.8) is 0 Å². The third-order valence-corrected chi connectivity index (χ3v) is 3.97. The molecule has 1 atom stereocenters. The fourth-order valence-electron chi connectivity index (χ4n) is 2.10. The van der Waals surface area contributed by atoms with Crippen molar-refractivity contribution < 1.29 is 18.0 Å². The molecule has 23 heavy (non-hydrogen) atoms. The molecule has 1 aliphatic heterocycles. The highest BCUT2D eigenvalue weighted by atomic mass is 32.2. The number of benzene rings is 1. The summed E-state index contributed by atoms with van der Waals surface area (Å²) in [6, 6.07) is 8.06. The smallest absolute Gasteiger partial charge is 0.267 e. The minimum Gasteiger partial charge on any atom is -0.368 e. The van der Waals surface area contributed by atoms with Gasteiger partial charge < -0.3 is 11.1 Å². The summed E-state index contributed by atoms with van der Waals surface area (Å²) in [7, 11) is -3.66. The second-order valence-electron chi connectivity index (χ2n) is 4.97. The number of primary amides is 1. The second kappa shape index (κ2) is 6.75. The largest absolute Gasteiger partial charge is 0.368 e. The van der Waals surface area contributed by atoms with Crippen LogP contribution in [0.5, 0.6) is 0 Å². The van der Waals surface area contributed by atoms with E-state index < -0.39 is 27.9 Å². The zero-order valence-electron chi connectivity index (χ0n) is 12.2. The molecule has 5 N–H and O–H groups in total. The van der Waals surface area contributed by atoms with E-state index in [1.165, 1.54) is 5.01 Å². The Labute approximate surface area is 133 Å². The summed E-state index contributed by atoms with van der Waals surface area (Å²) >= 11 is 0. The number of rotatable bonds is 6. The maximum absolute atomic E-state index is 12.0. The van der Waals surface area contributed by atoms with E-state index >= 15 is 0 Å². The molecule has 1 aliphatic rings. The van der Waals surface area contributed by atoms with Gasteiger partial charge in [0.2, 0.25) is 15.9 Å². The maximum atomic E-state index is 12.0. The van der Waals surface area contributed by atoms with Crippen LogP contribution in [-0.2, 0) is 19.6 Å². The number of para-hydroxylation sites is 1. The van der Waals surface area contributed by atoms with Crippen molar-refractivity contribution in [3.05, 3.63) is 30.3 Å². The first-order valence-electron chi connectivity index (χ1n) is 6.77. The number of amides is 2. The molecule has 1 unspecified atom stereocenters. The number of carbonyl (C=O) groups excluding carboxylic acids is 2. The molecule has 10 heteroatoms. The van der Waals surface area contributed by atoms with E-state index in [4.69, 9.17) is 10.9 Å². The molecule has 9 nitrogen and oxygen atoms in total. The van der Waals surface area contributed by atoms with Gasteiger partial charge in [-0.1, -0.05) is 18.2 Å². The Morgan fingerprint density at radius 1 is 1.30 bits per heavy atom. The molecule has 0 aliphatic carbocycles. The first-order valence-corrected chi connectivity index (χ1v) is 8.49. The normalized spacial score (nSPS) is 17.7. The zero-order valence-corrected chi connectivity index (χ0v) is 13.0. The van der Waals surface area contributed by atoms with E-state index in [0.717, 1.165) is 0 Å². The molecule has 0 fully saturated rings. The quantitative estimate of drug-likeness (QED) is 0.577. The molecule has 0 aromatic heterocycles. The Hall–Kier alpha value is -2.46. The number of sulfonamides is 1. The predicted molar refractivity (Wildman–Crippen MR) is 84.9 cm³/mol. The van der Waals surface area contributed by atoms with E-state index in [0.29, 0.717) is 5.69 Å². The fraction of sp³-hybridized carbons (Fsp3) is 0.308. The summed E-state index contributed by atoms with van der Waals surface area (Å²) in [5.41, 5.74) is 6.10. The molecule has 1 aromatic rings. The van der Waals surface area contributed by atoms with Crippen LogP contribution in [0.15, 0.2) is 35.4 Å². The first-order chi connectivity index (χ1) is 10.8. The van der Waals surface area contributed by atoms with E-state index in [1.54, 1.807) is 24.3 Å². The molecule has 0 saturated carbocycles. The van der Waals surface area contributed by atoms with Gasteiger partial charge in [-0.15, -0.1) is 0 Å². The van der Waals surface area contributed by atoms with Crippen molar-refractivity contribution >= 4 is 33.2 Å². The summed E-state index contributed by atoms with van der Waals surface area (Å²) in [5, 5.41) is 12.8. The van der Waals surface area contributed by atoms with Crippen LogP contribution >= 0.6 is 0 Å². The minimum atomic E-state index is -3.66. The number of nitrogens with one attached hydrogen (secondary N) is 1. The van der Waals surface area contributed by atoms with E-state index in [2.05, 4.69) is 10.4 Å². The summed E-state index contributed by atoms with van der Waals surface area (Å²) in [4.78, 5) is 23.6. The lowest BCUT2D eigenvalue weighted by molar-refractivity contribution is -0.119. The van der Waals surface area contributed by atoms with Gasteiger partial charge in [0.1, 0.15) is 11.8 Å². The molecule has 1 heterocycles. The van der Waals surface area contributed by atoms with Crippen LogP contribution in [0.25, 0.3) is 0 Å². The summed E-state index contributed by atoms with van der Waals surface area (Å²) < 4.78 is 21.7. The van der Waals surface area contributed by atoms with Gasteiger partial charge in [0.25, 0.3) is 5.91 Å². The third-order valence-electron chi connectivity index (χ3n) is 3.19. The lowest BCUT2D eigenvalue weighted by atomic mass is 10.1. The topological polar surface area (TPSA) is 148 Å². The van der Waals surface area contributed by atoms with Gasteiger partial charge in [0, 0.05) is 13.0 Å². The van der Waals surface area contributed by atoms with Gasteiger partial charge in [0.05, 0.1) is 11.4 Å². The molecule has 0 radical (unpaired) electrons. The molecule has 0 bridgehead atoms. The van der Waals surface area contributed by atoms with Gasteiger partial charge >= 0.3 is 0 Å². The summed E-state index contributed by atoms with van der Waals surface area (Å²) in [5.74, 6) is -1.54. The van der Waals surface area contributed by atoms with Crippen molar-refractivity contribution in [1.29, 1.82) is 0 Å². The van der Waals surface area contributed by atoms with Crippen molar-refractivity contribution in [1.82, 2.24) is 5.32 Å². The first kappa shape index (κ1) is 16.9. The molecule has 0 spiro atoms. The van der Waals surface area contributed by atoms with Crippen LogP contribution in [-0.4, -0.2) is 44.3 Å². The van der Waals surface area contributed by atoms with Crippen LogP contribution < -0.4 is 21.2 Å². The SMILES string of the molecule is NC(=O)C1CC(C(=O)NCCS(N)(=O)=O)=NN1c1ccccc1. The number of carbonyl (C=O) groups is 2. The highest BCUT2D eigenvalue weighted by molar-refractivity contribution is 7.89. The Bertz CT molecular complexity index is 732. The van der Waals surface area contributed by atoms with Crippen molar-refractivity contribution in [2.75, 3.05) is 17.3 Å².